The van der Waals surface area contributed by atoms with Gasteiger partial charge >= 0.3 is 0 Å². The molecule has 0 aliphatic carbocycles. The van der Waals surface area contributed by atoms with Crippen LogP contribution in [-0.2, 0) is 11.2 Å². The fourth-order valence-corrected chi connectivity index (χ4v) is 3.24. The van der Waals surface area contributed by atoms with E-state index in [2.05, 4.69) is 59.4 Å². The predicted molar refractivity (Wildman–Crippen MR) is 98.7 cm³/mol. The number of Topliss-reactive ketones (excluding diaryl/α,β-unsaturated/α-hetero) is 1. The van der Waals surface area contributed by atoms with E-state index in [9.17, 15) is 4.79 Å². The van der Waals surface area contributed by atoms with Crippen LogP contribution in [-0.4, -0.2) is 5.78 Å². The fraction of sp³-hybridized carbons (Fsp3) is 0.650. The number of thiol groups is 1. The van der Waals surface area contributed by atoms with E-state index < -0.39 is 0 Å². The van der Waals surface area contributed by atoms with Crippen molar-refractivity contribution in [1.82, 2.24) is 0 Å². The average Bonchev–Trinajstić information content (AvgIpc) is 2.41. The zero-order chi connectivity index (χ0) is 16.8. The van der Waals surface area contributed by atoms with Crippen molar-refractivity contribution >= 4 is 18.4 Å². The summed E-state index contributed by atoms with van der Waals surface area (Å²) in [6.45, 7) is 10.9. The van der Waals surface area contributed by atoms with Crippen LogP contribution in [0.2, 0.25) is 0 Å². The van der Waals surface area contributed by atoms with Crippen LogP contribution in [0, 0.1) is 17.3 Å². The summed E-state index contributed by atoms with van der Waals surface area (Å²) in [5, 5.41) is 0. The molecular weight excluding hydrogens is 288 g/mol. The minimum absolute atomic E-state index is 0.0641. The summed E-state index contributed by atoms with van der Waals surface area (Å²) in [5.41, 5.74) is 1.29. The fourth-order valence-electron chi connectivity index (χ4n) is 2.99. The topological polar surface area (TPSA) is 17.1 Å². The zero-order valence-corrected chi connectivity index (χ0v) is 15.7. The van der Waals surface area contributed by atoms with Crippen molar-refractivity contribution in [3.8, 4) is 0 Å². The summed E-state index contributed by atoms with van der Waals surface area (Å²) in [5.74, 6) is 1.20. The number of hydrogen-bond donors (Lipinski definition) is 1. The zero-order valence-electron chi connectivity index (χ0n) is 14.9. The Labute approximate surface area is 142 Å². The molecule has 0 aliphatic heterocycles. The summed E-state index contributed by atoms with van der Waals surface area (Å²) in [7, 11) is 0. The highest BCUT2D eigenvalue weighted by Crippen LogP contribution is 2.28. The summed E-state index contributed by atoms with van der Waals surface area (Å²) in [6.07, 6.45) is 4.84. The standard InChI is InChI=1S/C20H32OS/c1-6-15(7-2)11-17(19(21)14-20(3,4)5)12-16-9-8-10-18(22)13-16/h8-10,13,15,17,22H,6-7,11-12,14H2,1-5H3. The molecule has 0 aliphatic rings. The molecule has 0 N–H and O–H groups in total. The summed E-state index contributed by atoms with van der Waals surface area (Å²) in [6, 6.07) is 8.22. The summed E-state index contributed by atoms with van der Waals surface area (Å²) >= 11 is 4.42. The van der Waals surface area contributed by atoms with Crippen LogP contribution in [0.1, 0.15) is 65.9 Å². The Hall–Kier alpha value is -0.760. The lowest BCUT2D eigenvalue weighted by Crippen LogP contribution is -2.25. The van der Waals surface area contributed by atoms with Crippen LogP contribution in [0.15, 0.2) is 29.2 Å². The molecule has 1 nitrogen and oxygen atoms in total. The van der Waals surface area contributed by atoms with Crippen molar-refractivity contribution in [3.05, 3.63) is 29.8 Å². The monoisotopic (exact) mass is 320 g/mol. The third kappa shape index (κ3) is 7.00. The third-order valence-electron chi connectivity index (χ3n) is 4.33. The van der Waals surface area contributed by atoms with Gasteiger partial charge in [0.15, 0.2) is 0 Å². The second-order valence-corrected chi connectivity index (χ2v) is 8.21. The Morgan fingerprint density at radius 1 is 1.18 bits per heavy atom. The highest BCUT2D eigenvalue weighted by atomic mass is 32.1. The average molecular weight is 321 g/mol. The molecule has 1 aromatic rings. The SMILES string of the molecule is CCC(CC)CC(Cc1cccc(S)c1)C(=O)CC(C)(C)C. The van der Waals surface area contributed by atoms with Gasteiger partial charge < -0.3 is 0 Å². The van der Waals surface area contributed by atoms with E-state index in [-0.39, 0.29) is 11.3 Å². The number of rotatable bonds is 8. The smallest absolute Gasteiger partial charge is 0.136 e. The first-order valence-corrected chi connectivity index (χ1v) is 9.00. The molecule has 1 unspecified atom stereocenters. The molecule has 0 amide bonds. The quantitative estimate of drug-likeness (QED) is 0.584. The molecule has 124 valence electrons. The van der Waals surface area contributed by atoms with E-state index in [1.54, 1.807) is 0 Å². The minimum atomic E-state index is 0.0641. The normalized spacial score (nSPS) is 13.4. The Balaban J connectivity index is 2.87. The Morgan fingerprint density at radius 3 is 2.32 bits per heavy atom. The van der Waals surface area contributed by atoms with Gasteiger partial charge in [-0.15, -0.1) is 12.6 Å². The lowest BCUT2D eigenvalue weighted by molar-refractivity contribution is -0.125. The van der Waals surface area contributed by atoms with Gasteiger partial charge in [0.05, 0.1) is 0 Å². The van der Waals surface area contributed by atoms with E-state index in [4.69, 9.17) is 0 Å². The van der Waals surface area contributed by atoms with E-state index >= 15 is 0 Å². The molecule has 2 heteroatoms. The Kier molecular flexibility index (Phi) is 7.68. The van der Waals surface area contributed by atoms with Gasteiger partial charge in [0.2, 0.25) is 0 Å². The van der Waals surface area contributed by atoms with Crippen LogP contribution in [0.25, 0.3) is 0 Å². The maximum absolute atomic E-state index is 12.8. The lowest BCUT2D eigenvalue weighted by atomic mass is 9.79. The molecule has 0 heterocycles. The number of carbonyl (C=O) groups is 1. The Morgan fingerprint density at radius 2 is 1.82 bits per heavy atom. The first-order valence-electron chi connectivity index (χ1n) is 8.55. The van der Waals surface area contributed by atoms with E-state index in [0.717, 1.165) is 30.6 Å². The molecule has 0 saturated carbocycles. The molecular formula is C20H32OS. The van der Waals surface area contributed by atoms with Crippen LogP contribution in [0.5, 0.6) is 0 Å². The lowest BCUT2D eigenvalue weighted by Gasteiger charge is -2.25. The number of hydrogen-bond acceptors (Lipinski definition) is 2. The molecule has 0 saturated heterocycles. The highest BCUT2D eigenvalue weighted by molar-refractivity contribution is 7.80. The van der Waals surface area contributed by atoms with Crippen molar-refractivity contribution in [3.63, 3.8) is 0 Å². The molecule has 0 aromatic heterocycles. The Bertz CT molecular complexity index is 469. The van der Waals surface area contributed by atoms with E-state index in [1.807, 2.05) is 12.1 Å². The van der Waals surface area contributed by atoms with Gasteiger partial charge in [0.1, 0.15) is 5.78 Å². The number of ketones is 1. The van der Waals surface area contributed by atoms with Gasteiger partial charge in [-0.25, -0.2) is 0 Å². The van der Waals surface area contributed by atoms with Crippen LogP contribution < -0.4 is 0 Å². The van der Waals surface area contributed by atoms with Gasteiger partial charge in [-0.3, -0.25) is 4.79 Å². The third-order valence-corrected chi connectivity index (χ3v) is 4.60. The molecule has 1 rings (SSSR count). The van der Waals surface area contributed by atoms with Crippen LogP contribution in [0.3, 0.4) is 0 Å². The molecule has 1 aromatic carbocycles. The maximum atomic E-state index is 12.8. The largest absolute Gasteiger partial charge is 0.299 e. The van der Waals surface area contributed by atoms with Crippen molar-refractivity contribution < 1.29 is 4.79 Å². The van der Waals surface area contributed by atoms with Crippen LogP contribution >= 0.6 is 12.6 Å². The predicted octanol–water partition coefficient (Wildman–Crippen LogP) is 5.97. The summed E-state index contributed by atoms with van der Waals surface area (Å²) < 4.78 is 0. The second-order valence-electron chi connectivity index (χ2n) is 7.69. The molecule has 0 fully saturated rings. The minimum Gasteiger partial charge on any atom is -0.299 e. The van der Waals surface area contributed by atoms with Gasteiger partial charge in [-0.1, -0.05) is 59.6 Å². The van der Waals surface area contributed by atoms with Gasteiger partial charge in [0, 0.05) is 17.2 Å². The molecule has 1 atom stereocenters. The van der Waals surface area contributed by atoms with Gasteiger partial charge in [0.25, 0.3) is 0 Å². The van der Waals surface area contributed by atoms with Crippen molar-refractivity contribution in [2.45, 2.75) is 71.6 Å². The van der Waals surface area contributed by atoms with Crippen LogP contribution in [0.4, 0.5) is 0 Å². The van der Waals surface area contributed by atoms with Gasteiger partial charge in [-0.05, 0) is 41.9 Å². The van der Waals surface area contributed by atoms with E-state index in [0.29, 0.717) is 18.1 Å². The van der Waals surface area contributed by atoms with Crippen molar-refractivity contribution in [1.29, 1.82) is 0 Å². The number of benzene rings is 1. The number of carbonyl (C=O) groups excluding carboxylic acids is 1. The highest BCUT2D eigenvalue weighted by Gasteiger charge is 2.26. The van der Waals surface area contributed by atoms with E-state index in [1.165, 1.54) is 5.56 Å². The molecule has 22 heavy (non-hydrogen) atoms. The van der Waals surface area contributed by atoms with Gasteiger partial charge in [-0.2, -0.15) is 0 Å². The molecule has 0 spiro atoms. The summed E-state index contributed by atoms with van der Waals surface area (Å²) in [4.78, 5) is 13.8. The molecule has 0 radical (unpaired) electrons. The first kappa shape index (κ1) is 19.3. The van der Waals surface area contributed by atoms with Crippen molar-refractivity contribution in [2.24, 2.45) is 17.3 Å². The second kappa shape index (κ2) is 8.76. The maximum Gasteiger partial charge on any atom is 0.136 e. The molecule has 0 bridgehead atoms. The first-order chi connectivity index (χ1) is 10.2. The van der Waals surface area contributed by atoms with Crippen molar-refractivity contribution in [2.75, 3.05) is 0 Å².